The van der Waals surface area contributed by atoms with E-state index in [-0.39, 0.29) is 5.97 Å². The first-order valence-electron chi connectivity index (χ1n) is 7.18. The van der Waals surface area contributed by atoms with Gasteiger partial charge in [-0.15, -0.1) is 0 Å². The minimum atomic E-state index is -0.211. The van der Waals surface area contributed by atoms with Gasteiger partial charge in [0.2, 0.25) is 0 Å². The van der Waals surface area contributed by atoms with Crippen LogP contribution in [0.2, 0.25) is 0 Å². The highest BCUT2D eigenvalue weighted by atomic mass is 16.5. The van der Waals surface area contributed by atoms with Gasteiger partial charge in [-0.05, 0) is 35.2 Å². The molecule has 0 N–H and O–H groups in total. The van der Waals surface area contributed by atoms with Gasteiger partial charge in [-0.1, -0.05) is 49.1 Å². The van der Waals surface area contributed by atoms with Crippen molar-refractivity contribution in [2.24, 2.45) is 0 Å². The van der Waals surface area contributed by atoms with Gasteiger partial charge in [0, 0.05) is 6.42 Å². The summed E-state index contributed by atoms with van der Waals surface area (Å²) in [6, 6.07) is 15.9. The highest BCUT2D eigenvalue weighted by Gasteiger charge is 2.01. The van der Waals surface area contributed by atoms with Gasteiger partial charge in [-0.3, -0.25) is 4.79 Å². The Bertz CT molecular complexity index is 612. The van der Waals surface area contributed by atoms with Crippen LogP contribution in [0.5, 0.6) is 5.75 Å². The zero-order valence-corrected chi connectivity index (χ0v) is 12.6. The quantitative estimate of drug-likeness (QED) is 0.569. The van der Waals surface area contributed by atoms with Crippen LogP contribution in [-0.2, 0) is 9.53 Å². The highest BCUT2D eigenvalue weighted by Crippen LogP contribution is 2.23. The van der Waals surface area contributed by atoms with E-state index < -0.39 is 0 Å². The Balaban J connectivity index is 1.89. The summed E-state index contributed by atoms with van der Waals surface area (Å²) in [7, 11) is 1.39. The van der Waals surface area contributed by atoms with Crippen molar-refractivity contribution in [2.45, 2.75) is 12.8 Å². The summed E-state index contributed by atoms with van der Waals surface area (Å²) in [5.74, 6) is 0.581. The Kier molecular flexibility index (Phi) is 5.78. The molecule has 0 bridgehead atoms. The number of esters is 1. The van der Waals surface area contributed by atoms with Crippen LogP contribution >= 0.6 is 0 Å². The van der Waals surface area contributed by atoms with Gasteiger partial charge in [-0.25, -0.2) is 0 Å². The molecule has 0 heterocycles. The van der Waals surface area contributed by atoms with Crippen molar-refractivity contribution in [3.05, 3.63) is 60.7 Å². The smallest absolute Gasteiger partial charge is 0.305 e. The molecule has 2 aromatic rings. The average Bonchev–Trinajstić information content (AvgIpc) is 2.59. The van der Waals surface area contributed by atoms with Crippen LogP contribution in [0.3, 0.4) is 0 Å². The molecule has 2 aromatic carbocycles. The third-order valence-electron chi connectivity index (χ3n) is 3.31. The van der Waals surface area contributed by atoms with Crippen LogP contribution in [0, 0.1) is 6.58 Å². The number of hydrogen-bond acceptors (Lipinski definition) is 3. The number of carbonyl (C=O) groups excluding carboxylic acids is 1. The molecule has 3 heteroatoms. The molecule has 0 saturated heterocycles. The molecule has 22 heavy (non-hydrogen) atoms. The summed E-state index contributed by atoms with van der Waals surface area (Å²) in [5.41, 5.74) is 3.24. The van der Waals surface area contributed by atoms with Crippen molar-refractivity contribution in [1.29, 1.82) is 0 Å². The lowest BCUT2D eigenvalue weighted by molar-refractivity contribution is -0.140. The third kappa shape index (κ3) is 4.48. The maximum Gasteiger partial charge on any atom is 0.305 e. The molecule has 0 atom stereocenters. The van der Waals surface area contributed by atoms with Crippen molar-refractivity contribution in [3.8, 4) is 16.9 Å². The molecule has 2 rings (SSSR count). The van der Waals surface area contributed by atoms with Crippen molar-refractivity contribution in [2.75, 3.05) is 13.7 Å². The molecule has 0 fully saturated rings. The predicted octanol–water partition coefficient (Wildman–Crippen LogP) is 4.13. The molecule has 0 amide bonds. The maximum atomic E-state index is 11.0. The minimum absolute atomic E-state index is 0.211. The van der Waals surface area contributed by atoms with Gasteiger partial charge in [-0.2, -0.15) is 0 Å². The standard InChI is InChI=1S/C19H19O3/c1-3-15-6-8-16(9-7-15)17-10-12-18(13-11-17)22-14-4-5-19(20)21-2/h1,3,6-13H,4-5,14H2,2H3. The average molecular weight is 295 g/mol. The van der Waals surface area contributed by atoms with E-state index in [9.17, 15) is 4.79 Å². The molecule has 0 unspecified atom stereocenters. The molecule has 0 aliphatic heterocycles. The summed E-state index contributed by atoms with van der Waals surface area (Å²) in [6.45, 7) is 5.97. The number of rotatable bonds is 7. The number of ether oxygens (including phenoxy) is 2. The fourth-order valence-electron chi connectivity index (χ4n) is 2.04. The van der Waals surface area contributed by atoms with Gasteiger partial charge in [0.05, 0.1) is 13.7 Å². The lowest BCUT2D eigenvalue weighted by Gasteiger charge is -2.07. The van der Waals surface area contributed by atoms with E-state index in [1.807, 2.05) is 48.5 Å². The van der Waals surface area contributed by atoms with Crippen LogP contribution < -0.4 is 4.74 Å². The normalized spacial score (nSPS) is 10.0. The lowest BCUT2D eigenvalue weighted by Crippen LogP contribution is -2.04. The molecule has 0 saturated carbocycles. The minimum Gasteiger partial charge on any atom is -0.494 e. The Hall–Kier alpha value is -2.55. The van der Waals surface area contributed by atoms with E-state index in [0.717, 1.165) is 22.4 Å². The molecule has 0 aromatic heterocycles. The van der Waals surface area contributed by atoms with E-state index in [2.05, 4.69) is 4.74 Å². The van der Waals surface area contributed by atoms with Crippen molar-refractivity contribution in [3.63, 3.8) is 0 Å². The number of carbonyl (C=O) groups is 1. The molecule has 1 radical (unpaired) electrons. The third-order valence-corrected chi connectivity index (χ3v) is 3.31. The van der Waals surface area contributed by atoms with Crippen molar-refractivity contribution >= 4 is 12.0 Å². The number of methoxy groups -OCH3 is 1. The Labute approximate surface area is 131 Å². The fourth-order valence-corrected chi connectivity index (χ4v) is 2.04. The molecular weight excluding hydrogens is 276 g/mol. The first kappa shape index (κ1) is 15.8. The summed E-state index contributed by atoms with van der Waals surface area (Å²) in [6.07, 6.45) is 2.60. The van der Waals surface area contributed by atoms with Crippen LogP contribution in [0.25, 0.3) is 17.2 Å². The van der Waals surface area contributed by atoms with Crippen LogP contribution in [-0.4, -0.2) is 19.7 Å². The molecule has 0 aliphatic rings. The van der Waals surface area contributed by atoms with E-state index in [0.29, 0.717) is 19.4 Å². The first-order chi connectivity index (χ1) is 10.7. The summed E-state index contributed by atoms with van der Waals surface area (Å²) < 4.78 is 10.2. The molecule has 3 nitrogen and oxygen atoms in total. The van der Waals surface area contributed by atoms with E-state index in [1.54, 1.807) is 6.08 Å². The largest absolute Gasteiger partial charge is 0.494 e. The molecular formula is C19H19O3. The van der Waals surface area contributed by atoms with Crippen LogP contribution in [0.4, 0.5) is 0 Å². The zero-order valence-electron chi connectivity index (χ0n) is 12.6. The molecule has 113 valence electrons. The Morgan fingerprint density at radius 3 is 2.18 bits per heavy atom. The van der Waals surface area contributed by atoms with Crippen molar-refractivity contribution < 1.29 is 14.3 Å². The molecule has 0 spiro atoms. The monoisotopic (exact) mass is 295 g/mol. The van der Waals surface area contributed by atoms with Crippen LogP contribution in [0.15, 0.2) is 48.5 Å². The van der Waals surface area contributed by atoms with Gasteiger partial charge in [0.15, 0.2) is 0 Å². The topological polar surface area (TPSA) is 35.5 Å². The van der Waals surface area contributed by atoms with Crippen molar-refractivity contribution in [1.82, 2.24) is 0 Å². The van der Waals surface area contributed by atoms with Gasteiger partial charge in [0.25, 0.3) is 0 Å². The summed E-state index contributed by atoms with van der Waals surface area (Å²) >= 11 is 0. The Morgan fingerprint density at radius 2 is 1.64 bits per heavy atom. The maximum absolute atomic E-state index is 11.0. The van der Waals surface area contributed by atoms with E-state index in [4.69, 9.17) is 11.3 Å². The fraction of sp³-hybridized carbons (Fsp3) is 0.211. The predicted molar refractivity (Wildman–Crippen MR) is 87.4 cm³/mol. The second-order valence-electron chi connectivity index (χ2n) is 4.84. The summed E-state index contributed by atoms with van der Waals surface area (Å²) in [4.78, 5) is 11.0. The Morgan fingerprint density at radius 1 is 1.05 bits per heavy atom. The SMILES string of the molecule is [CH]=Cc1ccc(-c2ccc(OCCCC(=O)OC)cc2)cc1. The summed E-state index contributed by atoms with van der Waals surface area (Å²) in [5, 5.41) is 0. The highest BCUT2D eigenvalue weighted by molar-refractivity contribution is 5.69. The van der Waals surface area contributed by atoms with Gasteiger partial charge in [0.1, 0.15) is 5.75 Å². The van der Waals surface area contributed by atoms with E-state index in [1.165, 1.54) is 7.11 Å². The zero-order chi connectivity index (χ0) is 15.8. The van der Waals surface area contributed by atoms with Crippen LogP contribution in [0.1, 0.15) is 18.4 Å². The number of benzene rings is 2. The molecule has 0 aliphatic carbocycles. The van der Waals surface area contributed by atoms with Gasteiger partial charge >= 0.3 is 5.97 Å². The second kappa shape index (κ2) is 8.03. The second-order valence-corrected chi connectivity index (χ2v) is 4.84. The lowest BCUT2D eigenvalue weighted by atomic mass is 10.0. The van der Waals surface area contributed by atoms with Gasteiger partial charge < -0.3 is 9.47 Å². The van der Waals surface area contributed by atoms with E-state index >= 15 is 0 Å². The first-order valence-corrected chi connectivity index (χ1v) is 7.18. The number of hydrogen-bond donors (Lipinski definition) is 0.